The molecule has 8 heteroatoms. The van der Waals surface area contributed by atoms with E-state index < -0.39 is 5.63 Å². The summed E-state index contributed by atoms with van der Waals surface area (Å²) in [7, 11) is 1.63. The quantitative estimate of drug-likeness (QED) is 0.263. The van der Waals surface area contributed by atoms with Gasteiger partial charge in [0.25, 0.3) is 0 Å². The minimum absolute atomic E-state index is 0.0426. The van der Waals surface area contributed by atoms with Crippen LogP contribution in [0.1, 0.15) is 11.1 Å². The number of aromatic hydroxyl groups is 1. The minimum Gasteiger partial charge on any atom is -0.508 e. The van der Waals surface area contributed by atoms with Crippen LogP contribution >= 0.6 is 11.8 Å². The first-order valence-electron chi connectivity index (χ1n) is 10.6. The average molecular weight is 472 g/mol. The van der Waals surface area contributed by atoms with Crippen molar-refractivity contribution in [3.8, 4) is 28.6 Å². The molecule has 5 rings (SSSR count). The lowest BCUT2D eigenvalue weighted by Crippen LogP contribution is -2.02. The highest BCUT2D eigenvalue weighted by Gasteiger charge is 2.19. The molecule has 170 valence electrons. The molecule has 0 atom stereocenters. The molecule has 34 heavy (non-hydrogen) atoms. The van der Waals surface area contributed by atoms with Gasteiger partial charge in [-0.1, -0.05) is 41.6 Å². The molecule has 0 spiro atoms. The SMILES string of the molecule is COc1ccccc1-c1nnc(SCc2cc(=O)oc3cc(O)ccc23)n1-c1ccc(C)cc1. The average Bonchev–Trinajstić information content (AvgIpc) is 3.26. The van der Waals surface area contributed by atoms with Gasteiger partial charge < -0.3 is 14.3 Å². The highest BCUT2D eigenvalue weighted by Crippen LogP contribution is 2.35. The Hall–Kier alpha value is -4.04. The normalized spacial score (nSPS) is 11.1. The van der Waals surface area contributed by atoms with Gasteiger partial charge >= 0.3 is 5.63 Å². The number of hydrogen-bond acceptors (Lipinski definition) is 7. The van der Waals surface area contributed by atoms with Crippen molar-refractivity contribution in [3.05, 3.63) is 94.3 Å². The molecular weight excluding hydrogens is 450 g/mol. The lowest BCUT2D eigenvalue weighted by molar-refractivity contribution is 0.416. The van der Waals surface area contributed by atoms with Gasteiger partial charge in [0.2, 0.25) is 0 Å². The number of fused-ring (bicyclic) bond motifs is 1. The maximum Gasteiger partial charge on any atom is 0.336 e. The van der Waals surface area contributed by atoms with Gasteiger partial charge in [-0.15, -0.1) is 10.2 Å². The molecule has 0 aliphatic heterocycles. The number of methoxy groups -OCH3 is 1. The molecule has 0 aliphatic carbocycles. The number of benzene rings is 3. The Balaban J connectivity index is 1.59. The summed E-state index contributed by atoms with van der Waals surface area (Å²) in [5.74, 6) is 1.86. The Morgan fingerprint density at radius 2 is 1.82 bits per heavy atom. The van der Waals surface area contributed by atoms with Gasteiger partial charge in [0.05, 0.1) is 12.7 Å². The van der Waals surface area contributed by atoms with Gasteiger partial charge in [-0.3, -0.25) is 4.57 Å². The zero-order valence-electron chi connectivity index (χ0n) is 18.6. The number of phenols is 1. The Bertz CT molecular complexity index is 1540. The lowest BCUT2D eigenvalue weighted by atomic mass is 10.1. The van der Waals surface area contributed by atoms with Crippen LogP contribution in [0.4, 0.5) is 0 Å². The number of thioether (sulfide) groups is 1. The van der Waals surface area contributed by atoms with E-state index in [2.05, 4.69) is 10.2 Å². The van der Waals surface area contributed by atoms with Crippen LogP contribution in [-0.2, 0) is 5.75 Å². The predicted molar refractivity (Wildman–Crippen MR) is 132 cm³/mol. The summed E-state index contributed by atoms with van der Waals surface area (Å²) in [6.07, 6.45) is 0. The summed E-state index contributed by atoms with van der Waals surface area (Å²) in [5.41, 5.74) is 3.55. The summed E-state index contributed by atoms with van der Waals surface area (Å²) in [6, 6.07) is 22.0. The fraction of sp³-hybridized carbons (Fsp3) is 0.115. The topological polar surface area (TPSA) is 90.4 Å². The third-order valence-corrected chi connectivity index (χ3v) is 6.42. The van der Waals surface area contributed by atoms with Crippen molar-refractivity contribution >= 4 is 22.7 Å². The second-order valence-electron chi connectivity index (χ2n) is 7.74. The van der Waals surface area contributed by atoms with Gasteiger partial charge in [0.1, 0.15) is 17.1 Å². The zero-order chi connectivity index (χ0) is 23.7. The summed E-state index contributed by atoms with van der Waals surface area (Å²) in [4.78, 5) is 12.1. The number of hydrogen-bond donors (Lipinski definition) is 1. The number of para-hydroxylation sites is 1. The van der Waals surface area contributed by atoms with Crippen LogP contribution in [0, 0.1) is 6.92 Å². The molecule has 5 aromatic rings. The molecule has 0 saturated heterocycles. The second-order valence-corrected chi connectivity index (χ2v) is 8.68. The fourth-order valence-corrected chi connectivity index (χ4v) is 4.72. The van der Waals surface area contributed by atoms with Gasteiger partial charge in [-0.05, 0) is 48.9 Å². The van der Waals surface area contributed by atoms with E-state index in [0.29, 0.717) is 28.1 Å². The molecular formula is C26H21N3O4S. The van der Waals surface area contributed by atoms with E-state index in [1.54, 1.807) is 19.2 Å². The summed E-state index contributed by atoms with van der Waals surface area (Å²) < 4.78 is 12.8. The molecule has 0 amide bonds. The van der Waals surface area contributed by atoms with E-state index in [9.17, 15) is 9.90 Å². The highest BCUT2D eigenvalue weighted by atomic mass is 32.2. The molecule has 0 unspecified atom stereocenters. The third kappa shape index (κ3) is 4.15. The third-order valence-electron chi connectivity index (χ3n) is 5.44. The van der Waals surface area contributed by atoms with Crippen LogP contribution in [0.5, 0.6) is 11.5 Å². The molecule has 3 aromatic carbocycles. The molecule has 1 N–H and O–H groups in total. The highest BCUT2D eigenvalue weighted by molar-refractivity contribution is 7.98. The molecule has 2 aromatic heterocycles. The van der Waals surface area contributed by atoms with Gasteiger partial charge in [0, 0.05) is 29.0 Å². The Morgan fingerprint density at radius 3 is 2.62 bits per heavy atom. The van der Waals surface area contributed by atoms with Crippen LogP contribution in [0.25, 0.3) is 28.0 Å². The van der Waals surface area contributed by atoms with Crippen molar-refractivity contribution in [2.75, 3.05) is 7.11 Å². The van der Waals surface area contributed by atoms with Crippen molar-refractivity contribution < 1.29 is 14.3 Å². The number of aryl methyl sites for hydroxylation is 1. The number of aromatic nitrogens is 3. The second kappa shape index (κ2) is 9.07. The molecule has 2 heterocycles. The van der Waals surface area contributed by atoms with E-state index in [-0.39, 0.29) is 5.75 Å². The number of rotatable bonds is 6. The Morgan fingerprint density at radius 1 is 1.03 bits per heavy atom. The van der Waals surface area contributed by atoms with Gasteiger partial charge in [0.15, 0.2) is 11.0 Å². The first-order chi connectivity index (χ1) is 16.5. The summed E-state index contributed by atoms with van der Waals surface area (Å²) in [6.45, 7) is 2.04. The van der Waals surface area contributed by atoms with Gasteiger partial charge in [-0.25, -0.2) is 4.79 Å². The number of nitrogens with zero attached hydrogens (tertiary/aromatic N) is 3. The summed E-state index contributed by atoms with van der Waals surface area (Å²) in [5, 5.41) is 20.2. The van der Waals surface area contributed by atoms with Gasteiger partial charge in [-0.2, -0.15) is 0 Å². The van der Waals surface area contributed by atoms with E-state index in [1.165, 1.54) is 23.9 Å². The van der Waals surface area contributed by atoms with Crippen LogP contribution < -0.4 is 10.4 Å². The Labute approximate surface area is 199 Å². The molecule has 0 bridgehead atoms. The molecule has 0 saturated carbocycles. The van der Waals surface area contributed by atoms with Crippen LogP contribution in [0.15, 0.2) is 87.2 Å². The van der Waals surface area contributed by atoms with Crippen molar-refractivity contribution in [2.24, 2.45) is 0 Å². The maximum atomic E-state index is 12.1. The Kier molecular flexibility index (Phi) is 5.81. The van der Waals surface area contributed by atoms with Crippen LogP contribution in [0.3, 0.4) is 0 Å². The molecule has 7 nitrogen and oxygen atoms in total. The molecule has 0 radical (unpaired) electrons. The maximum absolute atomic E-state index is 12.1. The van der Waals surface area contributed by atoms with Crippen LogP contribution in [0.2, 0.25) is 0 Å². The first-order valence-corrected chi connectivity index (χ1v) is 11.6. The minimum atomic E-state index is -0.469. The van der Waals surface area contributed by atoms with E-state index in [0.717, 1.165) is 27.8 Å². The molecule has 0 fully saturated rings. The summed E-state index contributed by atoms with van der Waals surface area (Å²) >= 11 is 1.46. The lowest BCUT2D eigenvalue weighted by Gasteiger charge is -2.13. The zero-order valence-corrected chi connectivity index (χ0v) is 19.4. The standard InChI is InChI=1S/C26H21N3O4S/c1-16-7-9-18(10-8-16)29-25(21-5-3-4-6-22(21)32-2)27-28-26(29)34-15-17-13-24(31)33-23-14-19(30)11-12-20(17)23/h3-14,30H,15H2,1-2H3. The smallest absolute Gasteiger partial charge is 0.336 e. The van der Waals surface area contributed by atoms with Crippen LogP contribution in [-0.4, -0.2) is 27.0 Å². The van der Waals surface area contributed by atoms with E-state index >= 15 is 0 Å². The largest absolute Gasteiger partial charge is 0.508 e. The predicted octanol–water partition coefficient (Wildman–Crippen LogP) is 5.36. The monoisotopic (exact) mass is 471 g/mol. The van der Waals surface area contributed by atoms with Crippen molar-refractivity contribution in [3.63, 3.8) is 0 Å². The fourth-order valence-electron chi connectivity index (χ4n) is 3.77. The number of ether oxygens (including phenoxy) is 1. The number of phenolic OH excluding ortho intramolecular Hbond substituents is 1. The first kappa shape index (κ1) is 21.8. The van der Waals surface area contributed by atoms with E-state index in [4.69, 9.17) is 9.15 Å². The van der Waals surface area contributed by atoms with Crippen molar-refractivity contribution in [2.45, 2.75) is 17.8 Å². The van der Waals surface area contributed by atoms with Crippen molar-refractivity contribution in [1.82, 2.24) is 14.8 Å². The van der Waals surface area contributed by atoms with E-state index in [1.807, 2.05) is 60.0 Å². The molecule has 0 aliphatic rings. The van der Waals surface area contributed by atoms with Crippen molar-refractivity contribution in [1.29, 1.82) is 0 Å².